The van der Waals surface area contributed by atoms with Gasteiger partial charge in [0.15, 0.2) is 0 Å². The quantitative estimate of drug-likeness (QED) is 0.824. The molecule has 1 aromatic carbocycles. The van der Waals surface area contributed by atoms with Crippen LogP contribution in [0.1, 0.15) is 51.4 Å². The molecule has 0 radical (unpaired) electrons. The van der Waals surface area contributed by atoms with E-state index in [1.54, 1.807) is 0 Å². The predicted molar refractivity (Wildman–Crippen MR) is 95.6 cm³/mol. The van der Waals surface area contributed by atoms with E-state index in [0.717, 1.165) is 50.6 Å². The van der Waals surface area contributed by atoms with E-state index < -0.39 is 0 Å². The Morgan fingerprint density at radius 3 is 2.46 bits per heavy atom. The van der Waals surface area contributed by atoms with Crippen LogP contribution in [0.5, 0.6) is 0 Å². The Balaban J connectivity index is 1.47. The molecule has 1 saturated carbocycles. The van der Waals surface area contributed by atoms with E-state index in [2.05, 4.69) is 4.90 Å². The number of carbonyl (C=O) groups excluding carboxylic acids is 1. The summed E-state index contributed by atoms with van der Waals surface area (Å²) in [6, 6.07) is 6.67. The van der Waals surface area contributed by atoms with E-state index in [-0.39, 0.29) is 5.82 Å². The lowest BCUT2D eigenvalue weighted by atomic mass is 9.86. The van der Waals surface area contributed by atoms with E-state index in [1.807, 2.05) is 17.0 Å². The highest BCUT2D eigenvalue weighted by Gasteiger charge is 2.21. The van der Waals surface area contributed by atoms with Gasteiger partial charge >= 0.3 is 0 Å². The molecule has 0 atom stereocenters. The van der Waals surface area contributed by atoms with Gasteiger partial charge in [0.05, 0.1) is 0 Å². The van der Waals surface area contributed by atoms with Gasteiger partial charge in [-0.25, -0.2) is 4.39 Å². The predicted octanol–water partition coefficient (Wildman–Crippen LogP) is 4.22. The summed E-state index contributed by atoms with van der Waals surface area (Å²) < 4.78 is 13.1. The maximum atomic E-state index is 13.1. The average Bonchev–Trinajstić information content (AvgIpc) is 2.87. The molecule has 2 fully saturated rings. The van der Waals surface area contributed by atoms with Gasteiger partial charge in [-0.1, -0.05) is 32.1 Å². The Bertz CT molecular complexity index is 525. The summed E-state index contributed by atoms with van der Waals surface area (Å²) in [5.74, 6) is 0.889. The van der Waals surface area contributed by atoms with Crippen molar-refractivity contribution in [3.8, 4) is 0 Å². The van der Waals surface area contributed by atoms with Crippen LogP contribution in [0.2, 0.25) is 0 Å². The van der Waals surface area contributed by atoms with Gasteiger partial charge in [0.25, 0.3) is 0 Å². The summed E-state index contributed by atoms with van der Waals surface area (Å²) in [6.07, 6.45) is 9.43. The van der Waals surface area contributed by atoms with Crippen molar-refractivity contribution in [2.75, 3.05) is 31.1 Å². The topological polar surface area (TPSA) is 23.6 Å². The van der Waals surface area contributed by atoms with E-state index in [0.29, 0.717) is 12.3 Å². The normalized spacial score (nSPS) is 20.0. The second-order valence-electron chi connectivity index (χ2n) is 7.24. The minimum Gasteiger partial charge on any atom is -0.370 e. The number of rotatable bonds is 4. The van der Waals surface area contributed by atoms with Crippen LogP contribution in [0.3, 0.4) is 0 Å². The highest BCUT2D eigenvalue weighted by atomic mass is 19.1. The number of hydrogen-bond acceptors (Lipinski definition) is 2. The molecule has 0 N–H and O–H groups in total. The van der Waals surface area contributed by atoms with Gasteiger partial charge in [-0.05, 0) is 43.0 Å². The fraction of sp³-hybridized carbons (Fsp3) is 0.650. The lowest BCUT2D eigenvalue weighted by Crippen LogP contribution is -2.35. The van der Waals surface area contributed by atoms with E-state index in [9.17, 15) is 9.18 Å². The van der Waals surface area contributed by atoms with Crippen molar-refractivity contribution < 1.29 is 9.18 Å². The summed E-state index contributed by atoms with van der Waals surface area (Å²) >= 11 is 0. The third-order valence-corrected chi connectivity index (χ3v) is 5.53. The number of carbonyl (C=O) groups is 1. The molecule has 1 saturated heterocycles. The first-order valence-corrected chi connectivity index (χ1v) is 9.50. The number of benzene rings is 1. The maximum Gasteiger partial charge on any atom is 0.222 e. The number of anilines is 1. The standard InChI is InChI=1S/C20H29FN2O/c21-18-8-10-19(11-9-18)22-13-4-14-23(16-15-22)20(24)12-7-17-5-2-1-3-6-17/h8-11,17H,1-7,12-16H2. The highest BCUT2D eigenvalue weighted by Crippen LogP contribution is 2.27. The molecule has 3 nitrogen and oxygen atoms in total. The van der Waals surface area contributed by atoms with E-state index >= 15 is 0 Å². The first kappa shape index (κ1) is 17.2. The highest BCUT2D eigenvalue weighted by molar-refractivity contribution is 5.76. The van der Waals surface area contributed by atoms with Crippen LogP contribution in [0.15, 0.2) is 24.3 Å². The molecule has 1 aromatic rings. The van der Waals surface area contributed by atoms with Crippen molar-refractivity contribution in [1.29, 1.82) is 0 Å². The number of halogens is 1. The molecule has 3 rings (SSSR count). The van der Waals surface area contributed by atoms with Gasteiger partial charge in [0, 0.05) is 38.3 Å². The van der Waals surface area contributed by atoms with Gasteiger partial charge in [0.1, 0.15) is 5.82 Å². The molecule has 0 aromatic heterocycles. The van der Waals surface area contributed by atoms with Crippen molar-refractivity contribution in [3.63, 3.8) is 0 Å². The molecular formula is C20H29FN2O. The van der Waals surface area contributed by atoms with Crippen molar-refractivity contribution in [1.82, 2.24) is 4.90 Å². The molecule has 0 unspecified atom stereocenters. The first-order chi connectivity index (χ1) is 11.7. The molecule has 24 heavy (non-hydrogen) atoms. The number of nitrogens with zero attached hydrogens (tertiary/aromatic N) is 2. The Labute approximate surface area is 144 Å². The van der Waals surface area contributed by atoms with Crippen LogP contribution < -0.4 is 4.90 Å². The zero-order chi connectivity index (χ0) is 16.8. The van der Waals surface area contributed by atoms with Crippen LogP contribution in [0.4, 0.5) is 10.1 Å². The SMILES string of the molecule is O=C(CCC1CCCCC1)N1CCCN(c2ccc(F)cc2)CC1. The van der Waals surface area contributed by atoms with E-state index in [4.69, 9.17) is 0 Å². The van der Waals surface area contributed by atoms with E-state index in [1.165, 1.54) is 44.2 Å². The fourth-order valence-corrected chi connectivity index (χ4v) is 4.04. The minimum atomic E-state index is -0.201. The van der Waals surface area contributed by atoms with Gasteiger partial charge < -0.3 is 9.80 Å². The molecule has 1 aliphatic carbocycles. The van der Waals surface area contributed by atoms with Crippen LogP contribution in [-0.2, 0) is 4.79 Å². The van der Waals surface area contributed by atoms with Crippen molar-refractivity contribution in [2.24, 2.45) is 5.92 Å². The van der Waals surface area contributed by atoms with Gasteiger partial charge in [-0.2, -0.15) is 0 Å². The zero-order valence-electron chi connectivity index (χ0n) is 14.6. The van der Waals surface area contributed by atoms with Crippen LogP contribution >= 0.6 is 0 Å². The molecule has 1 aliphatic heterocycles. The summed E-state index contributed by atoms with van der Waals surface area (Å²) in [6.45, 7) is 3.39. The third-order valence-electron chi connectivity index (χ3n) is 5.53. The van der Waals surface area contributed by atoms with Gasteiger partial charge in [0.2, 0.25) is 5.91 Å². The summed E-state index contributed by atoms with van der Waals surface area (Å²) in [5, 5.41) is 0. The van der Waals surface area contributed by atoms with Crippen LogP contribution in [0, 0.1) is 11.7 Å². The third kappa shape index (κ3) is 4.71. The Kier molecular flexibility index (Phi) is 6.11. The molecular weight excluding hydrogens is 303 g/mol. The molecule has 4 heteroatoms. The molecule has 2 aliphatic rings. The Hall–Kier alpha value is -1.58. The monoisotopic (exact) mass is 332 g/mol. The average molecular weight is 332 g/mol. The van der Waals surface area contributed by atoms with Crippen LogP contribution in [-0.4, -0.2) is 37.0 Å². The number of hydrogen-bond donors (Lipinski definition) is 0. The summed E-state index contributed by atoms with van der Waals surface area (Å²) in [5.41, 5.74) is 1.05. The second kappa shape index (κ2) is 8.50. The smallest absolute Gasteiger partial charge is 0.222 e. The summed E-state index contributed by atoms with van der Waals surface area (Å²) in [7, 11) is 0. The van der Waals surface area contributed by atoms with Crippen molar-refractivity contribution in [3.05, 3.63) is 30.1 Å². The Morgan fingerprint density at radius 2 is 1.71 bits per heavy atom. The molecule has 1 amide bonds. The second-order valence-corrected chi connectivity index (χ2v) is 7.24. The number of amides is 1. The molecule has 132 valence electrons. The van der Waals surface area contributed by atoms with Crippen LogP contribution in [0.25, 0.3) is 0 Å². The first-order valence-electron chi connectivity index (χ1n) is 9.50. The molecule has 0 bridgehead atoms. The Morgan fingerprint density at radius 1 is 0.958 bits per heavy atom. The van der Waals surface area contributed by atoms with Gasteiger partial charge in [-0.3, -0.25) is 4.79 Å². The fourth-order valence-electron chi connectivity index (χ4n) is 4.04. The summed E-state index contributed by atoms with van der Waals surface area (Å²) in [4.78, 5) is 16.8. The van der Waals surface area contributed by atoms with Crippen molar-refractivity contribution in [2.45, 2.75) is 51.4 Å². The lowest BCUT2D eigenvalue weighted by Gasteiger charge is -2.25. The molecule has 0 spiro atoms. The lowest BCUT2D eigenvalue weighted by molar-refractivity contribution is -0.131. The van der Waals surface area contributed by atoms with Gasteiger partial charge in [-0.15, -0.1) is 0 Å². The van der Waals surface area contributed by atoms with Crippen molar-refractivity contribution >= 4 is 11.6 Å². The largest absolute Gasteiger partial charge is 0.370 e. The zero-order valence-corrected chi connectivity index (χ0v) is 14.6. The molecule has 1 heterocycles. The minimum absolute atomic E-state index is 0.201. The maximum absolute atomic E-state index is 13.1.